The van der Waals surface area contributed by atoms with Crippen LogP contribution in [0.3, 0.4) is 0 Å². The number of ether oxygens (including phenoxy) is 1. The van der Waals surface area contributed by atoms with E-state index in [1.54, 1.807) is 7.11 Å². The van der Waals surface area contributed by atoms with Crippen LogP contribution in [0.25, 0.3) is 0 Å². The van der Waals surface area contributed by atoms with Gasteiger partial charge >= 0.3 is 5.97 Å². The van der Waals surface area contributed by atoms with Gasteiger partial charge in [0.05, 0.1) is 6.10 Å². The highest BCUT2D eigenvalue weighted by molar-refractivity contribution is 5.79. The first-order valence-electron chi connectivity index (χ1n) is 5.70. The Morgan fingerprint density at radius 2 is 2.20 bits per heavy atom. The van der Waals surface area contributed by atoms with Crippen LogP contribution >= 0.6 is 0 Å². The molecular formula is C11H19NO3. The highest BCUT2D eigenvalue weighted by atomic mass is 16.5. The van der Waals surface area contributed by atoms with Gasteiger partial charge in [-0.3, -0.25) is 10.1 Å². The van der Waals surface area contributed by atoms with Gasteiger partial charge in [-0.25, -0.2) is 0 Å². The molecule has 0 spiro atoms. The molecule has 15 heavy (non-hydrogen) atoms. The summed E-state index contributed by atoms with van der Waals surface area (Å²) in [5, 5.41) is 12.7. The summed E-state index contributed by atoms with van der Waals surface area (Å²) in [6.07, 6.45) is 5.59. The minimum absolute atomic E-state index is 0.0982. The first-order chi connectivity index (χ1) is 7.16. The van der Waals surface area contributed by atoms with Crippen molar-refractivity contribution in [2.45, 2.75) is 56.2 Å². The summed E-state index contributed by atoms with van der Waals surface area (Å²) in [6.45, 7) is 0. The summed E-state index contributed by atoms with van der Waals surface area (Å²) in [5.41, 5.74) is -0.722. The zero-order chi connectivity index (χ0) is 10.9. The van der Waals surface area contributed by atoms with Gasteiger partial charge in [0.2, 0.25) is 0 Å². The average molecular weight is 213 g/mol. The lowest BCUT2D eigenvalue weighted by Gasteiger charge is -2.37. The number of rotatable bonds is 4. The van der Waals surface area contributed by atoms with Gasteiger partial charge in [0.1, 0.15) is 5.54 Å². The van der Waals surface area contributed by atoms with Gasteiger partial charge in [-0.15, -0.1) is 0 Å². The molecule has 0 amide bonds. The summed E-state index contributed by atoms with van der Waals surface area (Å²) < 4.78 is 5.30. The van der Waals surface area contributed by atoms with Crippen LogP contribution in [0.4, 0.5) is 0 Å². The van der Waals surface area contributed by atoms with Crippen molar-refractivity contribution in [3.63, 3.8) is 0 Å². The number of hydrogen-bond acceptors (Lipinski definition) is 3. The zero-order valence-electron chi connectivity index (χ0n) is 9.16. The number of carboxylic acids is 1. The first kappa shape index (κ1) is 10.9. The number of hydrogen-bond donors (Lipinski definition) is 2. The lowest BCUT2D eigenvalue weighted by Crippen LogP contribution is -2.56. The first-order valence-corrected chi connectivity index (χ1v) is 5.70. The Morgan fingerprint density at radius 3 is 2.73 bits per heavy atom. The average Bonchev–Trinajstić information content (AvgIpc) is 3.01. The topological polar surface area (TPSA) is 58.6 Å². The fraction of sp³-hybridized carbons (Fsp3) is 0.909. The Morgan fingerprint density at radius 1 is 1.47 bits per heavy atom. The highest BCUT2D eigenvalue weighted by Gasteiger charge is 2.45. The van der Waals surface area contributed by atoms with Crippen molar-refractivity contribution in [1.82, 2.24) is 5.32 Å². The summed E-state index contributed by atoms with van der Waals surface area (Å²) in [7, 11) is 1.67. The maximum atomic E-state index is 11.4. The molecule has 2 aliphatic carbocycles. The molecule has 2 atom stereocenters. The Hall–Kier alpha value is -0.610. The van der Waals surface area contributed by atoms with Crippen molar-refractivity contribution in [2.24, 2.45) is 0 Å². The van der Waals surface area contributed by atoms with Gasteiger partial charge in [-0.2, -0.15) is 0 Å². The molecule has 2 rings (SSSR count). The predicted molar refractivity (Wildman–Crippen MR) is 55.8 cm³/mol. The third-order valence-corrected chi connectivity index (χ3v) is 3.51. The minimum Gasteiger partial charge on any atom is -0.480 e. The zero-order valence-corrected chi connectivity index (χ0v) is 9.16. The monoisotopic (exact) mass is 213 g/mol. The Bertz CT molecular complexity index is 252. The number of nitrogens with one attached hydrogen (secondary N) is 1. The van der Waals surface area contributed by atoms with Crippen LogP contribution in [0.5, 0.6) is 0 Å². The van der Waals surface area contributed by atoms with Crippen molar-refractivity contribution >= 4 is 5.97 Å². The van der Waals surface area contributed by atoms with Crippen LogP contribution in [-0.4, -0.2) is 35.9 Å². The number of carboxylic acid groups (broad SMARTS) is 1. The van der Waals surface area contributed by atoms with Crippen molar-refractivity contribution in [3.8, 4) is 0 Å². The molecule has 0 heterocycles. The third kappa shape index (κ3) is 2.32. The van der Waals surface area contributed by atoms with Gasteiger partial charge in [-0.1, -0.05) is 0 Å². The molecule has 0 aliphatic heterocycles. The van der Waals surface area contributed by atoms with Crippen molar-refractivity contribution in [2.75, 3.05) is 7.11 Å². The van der Waals surface area contributed by atoms with Crippen LogP contribution in [-0.2, 0) is 9.53 Å². The fourth-order valence-corrected chi connectivity index (χ4v) is 2.43. The van der Waals surface area contributed by atoms with E-state index in [-0.39, 0.29) is 6.10 Å². The van der Waals surface area contributed by atoms with Crippen LogP contribution in [0.2, 0.25) is 0 Å². The summed E-state index contributed by atoms with van der Waals surface area (Å²) in [6, 6.07) is 0.428. The predicted octanol–water partition coefficient (Wildman–Crippen LogP) is 1.15. The molecule has 0 radical (unpaired) electrons. The maximum absolute atomic E-state index is 11.4. The molecule has 2 unspecified atom stereocenters. The lowest BCUT2D eigenvalue weighted by molar-refractivity contribution is -0.148. The van der Waals surface area contributed by atoms with E-state index >= 15 is 0 Å². The van der Waals surface area contributed by atoms with Gasteiger partial charge in [0.25, 0.3) is 0 Å². The van der Waals surface area contributed by atoms with E-state index in [9.17, 15) is 9.90 Å². The van der Waals surface area contributed by atoms with Gasteiger partial charge < -0.3 is 9.84 Å². The molecule has 4 nitrogen and oxygen atoms in total. The quantitative estimate of drug-likeness (QED) is 0.735. The van der Waals surface area contributed by atoms with E-state index in [0.717, 1.165) is 32.1 Å². The fourth-order valence-electron chi connectivity index (χ4n) is 2.43. The van der Waals surface area contributed by atoms with E-state index in [4.69, 9.17) is 4.74 Å². The largest absolute Gasteiger partial charge is 0.480 e. The smallest absolute Gasteiger partial charge is 0.324 e. The molecule has 0 aromatic rings. The third-order valence-electron chi connectivity index (χ3n) is 3.51. The highest BCUT2D eigenvalue weighted by Crippen LogP contribution is 2.34. The van der Waals surface area contributed by atoms with Gasteiger partial charge in [0.15, 0.2) is 0 Å². The second-order valence-corrected chi connectivity index (χ2v) is 4.76. The molecule has 0 bridgehead atoms. The molecule has 2 fully saturated rings. The van der Waals surface area contributed by atoms with Gasteiger partial charge in [0, 0.05) is 19.6 Å². The van der Waals surface area contributed by atoms with Crippen molar-refractivity contribution in [1.29, 1.82) is 0 Å². The van der Waals surface area contributed by atoms with E-state index in [2.05, 4.69) is 5.32 Å². The standard InChI is InChI=1S/C11H19NO3/c1-15-9-3-2-6-11(7-9,10(13)14)12-8-4-5-8/h8-9,12H,2-7H2,1H3,(H,13,14). The number of carbonyl (C=O) groups is 1. The summed E-state index contributed by atoms with van der Waals surface area (Å²) >= 11 is 0. The van der Waals surface area contributed by atoms with E-state index < -0.39 is 11.5 Å². The second-order valence-electron chi connectivity index (χ2n) is 4.76. The van der Waals surface area contributed by atoms with Crippen molar-refractivity contribution < 1.29 is 14.6 Å². The van der Waals surface area contributed by atoms with Gasteiger partial charge in [-0.05, 0) is 32.1 Å². The normalized spacial score (nSPS) is 36.5. The van der Waals surface area contributed by atoms with Crippen LogP contribution in [0, 0.1) is 0 Å². The Labute approximate surface area is 90.0 Å². The molecule has 0 aromatic heterocycles. The maximum Gasteiger partial charge on any atom is 0.324 e. The molecule has 4 heteroatoms. The Balaban J connectivity index is 2.05. The lowest BCUT2D eigenvalue weighted by atomic mass is 9.80. The van der Waals surface area contributed by atoms with Crippen LogP contribution < -0.4 is 5.32 Å². The molecule has 2 saturated carbocycles. The molecule has 0 aromatic carbocycles. The number of aliphatic carboxylic acids is 1. The SMILES string of the molecule is COC1CCCC(NC2CC2)(C(=O)O)C1. The van der Waals surface area contributed by atoms with Crippen LogP contribution in [0.1, 0.15) is 38.5 Å². The summed E-state index contributed by atoms with van der Waals surface area (Å²) in [5.74, 6) is -0.712. The molecule has 2 N–H and O–H groups in total. The van der Waals surface area contributed by atoms with Crippen molar-refractivity contribution in [3.05, 3.63) is 0 Å². The van der Waals surface area contributed by atoms with Crippen LogP contribution in [0.15, 0.2) is 0 Å². The van der Waals surface area contributed by atoms with E-state index in [1.807, 2.05) is 0 Å². The molecular weight excluding hydrogens is 194 g/mol. The molecule has 86 valence electrons. The molecule has 0 saturated heterocycles. The Kier molecular flexibility index (Phi) is 2.98. The summed E-state index contributed by atoms with van der Waals surface area (Å²) in [4.78, 5) is 11.4. The molecule has 2 aliphatic rings. The minimum atomic E-state index is -0.722. The number of methoxy groups -OCH3 is 1. The van der Waals surface area contributed by atoms with E-state index in [1.165, 1.54) is 0 Å². The van der Waals surface area contributed by atoms with E-state index in [0.29, 0.717) is 12.5 Å². The second kappa shape index (κ2) is 4.10.